The molecular weight excluding hydrogens is 514 g/mol. The van der Waals surface area contributed by atoms with Crippen LogP contribution in [0.4, 0.5) is 17.6 Å². The van der Waals surface area contributed by atoms with Crippen molar-refractivity contribution in [2.45, 2.75) is 64.8 Å². The molecule has 204 valence electrons. The number of halogens is 4. The highest BCUT2D eigenvalue weighted by atomic mass is 19.4. The molecule has 3 aromatic heterocycles. The molecule has 1 saturated carbocycles. The van der Waals surface area contributed by atoms with Gasteiger partial charge in [-0.05, 0) is 67.0 Å². The summed E-state index contributed by atoms with van der Waals surface area (Å²) in [6.07, 6.45) is 0.264. The van der Waals surface area contributed by atoms with Crippen molar-refractivity contribution in [2.24, 2.45) is 5.92 Å². The summed E-state index contributed by atoms with van der Waals surface area (Å²) in [7, 11) is 0. The van der Waals surface area contributed by atoms with Gasteiger partial charge in [0, 0.05) is 6.20 Å². The predicted octanol–water partition coefficient (Wildman–Crippen LogP) is 6.60. The molecule has 1 atom stereocenters. The Hall–Kier alpha value is -3.89. The fourth-order valence-corrected chi connectivity index (χ4v) is 4.68. The third-order valence-electron chi connectivity index (χ3n) is 7.16. The molecule has 5 rings (SSSR count). The van der Waals surface area contributed by atoms with Crippen molar-refractivity contribution >= 4 is 17.5 Å². The van der Waals surface area contributed by atoms with E-state index in [2.05, 4.69) is 19.9 Å². The second-order valence-corrected chi connectivity index (χ2v) is 10.2. The van der Waals surface area contributed by atoms with Crippen LogP contribution in [-0.2, 0) is 12.7 Å². The van der Waals surface area contributed by atoms with Crippen LogP contribution in [-0.4, -0.2) is 36.9 Å². The molecule has 1 aromatic carbocycles. The molecule has 1 aliphatic rings. The minimum absolute atomic E-state index is 0.0631. The summed E-state index contributed by atoms with van der Waals surface area (Å²) in [5, 5.41) is 0. The Morgan fingerprint density at radius 2 is 1.87 bits per heavy atom. The highest BCUT2D eigenvalue weighted by Gasteiger charge is 2.34. The molecule has 0 aliphatic heterocycles. The van der Waals surface area contributed by atoms with Gasteiger partial charge in [-0.25, -0.2) is 14.4 Å². The number of imidazole rings is 1. The molecule has 4 aromatic rings. The number of pyridine rings is 1. The molecule has 39 heavy (non-hydrogen) atoms. The lowest BCUT2D eigenvalue weighted by Crippen LogP contribution is -2.29. The number of rotatable bonds is 8. The van der Waals surface area contributed by atoms with Crippen molar-refractivity contribution in [3.63, 3.8) is 0 Å². The number of aromatic nitrogens is 5. The third-order valence-corrected chi connectivity index (χ3v) is 7.16. The van der Waals surface area contributed by atoms with Gasteiger partial charge in [0.25, 0.3) is 0 Å². The number of aldehydes is 1. The van der Waals surface area contributed by atoms with E-state index in [0.717, 1.165) is 37.0 Å². The van der Waals surface area contributed by atoms with Crippen molar-refractivity contribution in [3.8, 4) is 17.4 Å². The standard InChI is InChI=1S/C28H27F4N5O2/c1-15(2)19-9-10-33-22(12-19)26-36-25-24(27(35-23(14-38)34-25)39-16(3)18-5-4-6-18)37(26)13-17-7-8-20(21(29)11-17)28(30,31)32/h7-12,14-16,18H,4-6,13H2,1-3H3. The maximum Gasteiger partial charge on any atom is 0.419 e. The van der Waals surface area contributed by atoms with E-state index in [1.807, 2.05) is 32.9 Å². The van der Waals surface area contributed by atoms with Gasteiger partial charge in [0.2, 0.25) is 5.88 Å². The number of alkyl halides is 3. The van der Waals surface area contributed by atoms with Crippen LogP contribution in [0.3, 0.4) is 0 Å². The van der Waals surface area contributed by atoms with Gasteiger partial charge in [0.15, 0.2) is 29.1 Å². The van der Waals surface area contributed by atoms with Gasteiger partial charge in [0.05, 0.1) is 12.1 Å². The second kappa shape index (κ2) is 10.3. The fourth-order valence-electron chi connectivity index (χ4n) is 4.68. The monoisotopic (exact) mass is 541 g/mol. The Morgan fingerprint density at radius 3 is 2.49 bits per heavy atom. The summed E-state index contributed by atoms with van der Waals surface area (Å²) in [6, 6.07) is 6.54. The highest BCUT2D eigenvalue weighted by Crippen LogP contribution is 2.36. The summed E-state index contributed by atoms with van der Waals surface area (Å²) in [5.41, 5.74) is 0.913. The van der Waals surface area contributed by atoms with Gasteiger partial charge < -0.3 is 9.30 Å². The first kappa shape index (κ1) is 26.7. The number of fused-ring (bicyclic) bond motifs is 1. The number of hydrogen-bond donors (Lipinski definition) is 0. The summed E-state index contributed by atoms with van der Waals surface area (Å²) < 4.78 is 61.9. The number of carbonyl (C=O) groups is 1. The molecule has 1 fully saturated rings. The molecule has 3 heterocycles. The van der Waals surface area contributed by atoms with Crippen molar-refractivity contribution in [3.05, 3.63) is 64.9 Å². The first-order chi connectivity index (χ1) is 18.5. The zero-order chi connectivity index (χ0) is 27.9. The number of ether oxygens (including phenoxy) is 1. The van der Waals surface area contributed by atoms with E-state index >= 15 is 0 Å². The number of hydrogen-bond acceptors (Lipinski definition) is 6. The smallest absolute Gasteiger partial charge is 0.419 e. The van der Waals surface area contributed by atoms with Gasteiger partial charge in [-0.1, -0.05) is 26.3 Å². The Kier molecular flexibility index (Phi) is 7.09. The molecule has 1 aliphatic carbocycles. The summed E-state index contributed by atoms with van der Waals surface area (Å²) in [4.78, 5) is 29.4. The van der Waals surface area contributed by atoms with Gasteiger partial charge in [0.1, 0.15) is 17.6 Å². The van der Waals surface area contributed by atoms with E-state index < -0.39 is 17.6 Å². The van der Waals surface area contributed by atoms with Crippen LogP contribution in [0.1, 0.15) is 73.3 Å². The van der Waals surface area contributed by atoms with Crippen molar-refractivity contribution in [1.29, 1.82) is 0 Å². The minimum Gasteiger partial charge on any atom is -0.473 e. The van der Waals surface area contributed by atoms with Gasteiger partial charge in [-0.15, -0.1) is 0 Å². The molecule has 0 radical (unpaired) electrons. The molecule has 7 nitrogen and oxygen atoms in total. The second-order valence-electron chi connectivity index (χ2n) is 10.2. The predicted molar refractivity (Wildman–Crippen MR) is 136 cm³/mol. The van der Waals surface area contributed by atoms with E-state index in [1.54, 1.807) is 10.8 Å². The molecule has 11 heteroatoms. The lowest BCUT2D eigenvalue weighted by molar-refractivity contribution is -0.140. The Bertz CT molecular complexity index is 1530. The van der Waals surface area contributed by atoms with E-state index in [1.165, 1.54) is 6.07 Å². The largest absolute Gasteiger partial charge is 0.473 e. The van der Waals surface area contributed by atoms with Crippen LogP contribution in [0.5, 0.6) is 5.88 Å². The zero-order valence-electron chi connectivity index (χ0n) is 21.7. The number of carbonyl (C=O) groups excluding carboxylic acids is 1. The molecule has 1 unspecified atom stereocenters. The molecule has 0 amide bonds. The molecule has 0 bridgehead atoms. The Labute approximate surface area is 222 Å². The topological polar surface area (TPSA) is 82.8 Å². The van der Waals surface area contributed by atoms with E-state index in [0.29, 0.717) is 29.2 Å². The van der Waals surface area contributed by atoms with Crippen LogP contribution in [0.25, 0.3) is 22.7 Å². The first-order valence-electron chi connectivity index (χ1n) is 12.8. The zero-order valence-corrected chi connectivity index (χ0v) is 21.7. The van der Waals surface area contributed by atoms with Crippen molar-refractivity contribution < 1.29 is 27.1 Å². The average Bonchev–Trinajstić information content (AvgIpc) is 3.20. The molecule has 0 spiro atoms. The van der Waals surface area contributed by atoms with Crippen LogP contribution >= 0.6 is 0 Å². The van der Waals surface area contributed by atoms with Crippen molar-refractivity contribution in [1.82, 2.24) is 24.5 Å². The maximum atomic E-state index is 14.5. The van der Waals surface area contributed by atoms with Gasteiger partial charge >= 0.3 is 6.18 Å². The Balaban J connectivity index is 1.69. The molecule has 0 N–H and O–H groups in total. The van der Waals surface area contributed by atoms with Gasteiger partial charge in [-0.2, -0.15) is 18.2 Å². The normalized spacial score (nSPS) is 15.0. The van der Waals surface area contributed by atoms with Crippen LogP contribution < -0.4 is 4.74 Å². The van der Waals surface area contributed by atoms with E-state index in [-0.39, 0.29) is 41.5 Å². The van der Waals surface area contributed by atoms with Gasteiger partial charge in [-0.3, -0.25) is 9.78 Å². The molecule has 0 saturated heterocycles. The summed E-state index contributed by atoms with van der Waals surface area (Å²) in [5.74, 6) is -0.491. The summed E-state index contributed by atoms with van der Waals surface area (Å²) >= 11 is 0. The van der Waals surface area contributed by atoms with Crippen LogP contribution in [0.2, 0.25) is 0 Å². The first-order valence-corrected chi connectivity index (χ1v) is 12.8. The average molecular weight is 542 g/mol. The molecular formula is C28H27F4N5O2. The van der Waals surface area contributed by atoms with E-state index in [4.69, 9.17) is 4.74 Å². The van der Waals surface area contributed by atoms with Crippen LogP contribution in [0.15, 0.2) is 36.5 Å². The third kappa shape index (κ3) is 5.35. The number of nitrogens with zero attached hydrogens (tertiary/aromatic N) is 5. The van der Waals surface area contributed by atoms with Crippen LogP contribution in [0, 0.1) is 11.7 Å². The SMILES string of the molecule is CC(C)c1ccnc(-c2nc3nc(C=O)nc(OC(C)C4CCC4)c3n2Cc2ccc(C(F)(F)F)c(F)c2)c1. The minimum atomic E-state index is -4.81. The Morgan fingerprint density at radius 1 is 1.10 bits per heavy atom. The lowest BCUT2D eigenvalue weighted by Gasteiger charge is -2.31. The van der Waals surface area contributed by atoms with E-state index in [9.17, 15) is 22.4 Å². The number of benzene rings is 1. The maximum absolute atomic E-state index is 14.5. The quantitative estimate of drug-likeness (QED) is 0.185. The fraction of sp³-hybridized carbons (Fsp3) is 0.393. The van der Waals surface area contributed by atoms with Crippen molar-refractivity contribution in [2.75, 3.05) is 0 Å². The summed E-state index contributed by atoms with van der Waals surface area (Å²) in [6.45, 7) is 5.93. The highest BCUT2D eigenvalue weighted by molar-refractivity contribution is 5.84. The lowest BCUT2D eigenvalue weighted by atomic mass is 9.82.